The molecule has 0 bridgehead atoms. The van der Waals surface area contributed by atoms with E-state index in [9.17, 15) is 4.79 Å². The zero-order valence-electron chi connectivity index (χ0n) is 8.84. The van der Waals surface area contributed by atoms with Gasteiger partial charge in [0.25, 0.3) is 5.91 Å². The first-order chi connectivity index (χ1) is 7.54. The number of benzene rings is 1. The minimum Gasteiger partial charge on any atom is -0.396 e. The summed E-state index contributed by atoms with van der Waals surface area (Å²) in [6.07, 6.45) is 0. The summed E-state index contributed by atoms with van der Waals surface area (Å²) >= 11 is 6.64. The second-order valence-electron chi connectivity index (χ2n) is 3.62. The molecule has 0 saturated carbocycles. The van der Waals surface area contributed by atoms with E-state index in [2.05, 4.69) is 37.2 Å². The molecule has 1 atom stereocenters. The van der Waals surface area contributed by atoms with Crippen molar-refractivity contribution in [3.63, 3.8) is 0 Å². The molecule has 2 N–H and O–H groups in total. The van der Waals surface area contributed by atoms with Gasteiger partial charge in [0.05, 0.1) is 5.56 Å². The molecule has 0 aromatic heterocycles. The van der Waals surface area contributed by atoms with E-state index in [1.807, 2.05) is 19.1 Å². The summed E-state index contributed by atoms with van der Waals surface area (Å²) < 4.78 is 1.61. The van der Waals surface area contributed by atoms with Crippen molar-refractivity contribution in [3.05, 3.63) is 32.7 Å². The van der Waals surface area contributed by atoms with Crippen molar-refractivity contribution in [2.75, 3.05) is 13.2 Å². The van der Waals surface area contributed by atoms with Crippen LogP contribution >= 0.6 is 31.9 Å². The first-order valence-electron chi connectivity index (χ1n) is 4.88. The number of aliphatic hydroxyl groups is 1. The van der Waals surface area contributed by atoms with Crippen molar-refractivity contribution in [2.45, 2.75) is 6.92 Å². The van der Waals surface area contributed by atoms with E-state index in [0.29, 0.717) is 12.1 Å². The topological polar surface area (TPSA) is 49.3 Å². The lowest BCUT2D eigenvalue weighted by Gasteiger charge is -2.10. The Morgan fingerprint density at radius 1 is 1.50 bits per heavy atom. The van der Waals surface area contributed by atoms with Gasteiger partial charge in [0.2, 0.25) is 0 Å². The highest BCUT2D eigenvalue weighted by Gasteiger charge is 2.11. The van der Waals surface area contributed by atoms with Crippen molar-refractivity contribution in [2.24, 2.45) is 5.92 Å². The smallest absolute Gasteiger partial charge is 0.252 e. The van der Waals surface area contributed by atoms with Gasteiger partial charge in [0.1, 0.15) is 0 Å². The number of rotatable bonds is 4. The Bertz CT molecular complexity index is 382. The number of amides is 1. The summed E-state index contributed by atoms with van der Waals surface area (Å²) in [4.78, 5) is 11.8. The van der Waals surface area contributed by atoms with Crippen LogP contribution in [0.3, 0.4) is 0 Å². The fraction of sp³-hybridized carbons (Fsp3) is 0.364. The van der Waals surface area contributed by atoms with E-state index in [1.165, 1.54) is 0 Å². The number of hydrogen-bond donors (Lipinski definition) is 2. The minimum absolute atomic E-state index is 0.0647. The SMILES string of the molecule is CC(CO)CNC(=O)c1cc(Br)ccc1Br. The van der Waals surface area contributed by atoms with Gasteiger partial charge in [-0.2, -0.15) is 0 Å². The molecule has 1 aromatic carbocycles. The second-order valence-corrected chi connectivity index (χ2v) is 5.39. The lowest BCUT2D eigenvalue weighted by Crippen LogP contribution is -2.29. The summed E-state index contributed by atoms with van der Waals surface area (Å²) in [5.74, 6) is -0.0802. The van der Waals surface area contributed by atoms with Gasteiger partial charge in [-0.1, -0.05) is 22.9 Å². The quantitative estimate of drug-likeness (QED) is 0.876. The van der Waals surface area contributed by atoms with Gasteiger partial charge in [0, 0.05) is 22.1 Å². The summed E-state index contributed by atoms with van der Waals surface area (Å²) in [7, 11) is 0. The molecule has 0 heterocycles. The minimum atomic E-state index is -0.145. The van der Waals surface area contributed by atoms with Crippen LogP contribution in [0.1, 0.15) is 17.3 Å². The Morgan fingerprint density at radius 2 is 2.19 bits per heavy atom. The third-order valence-corrected chi connectivity index (χ3v) is 3.28. The zero-order chi connectivity index (χ0) is 12.1. The average Bonchev–Trinajstić information content (AvgIpc) is 2.28. The first-order valence-corrected chi connectivity index (χ1v) is 6.47. The van der Waals surface area contributed by atoms with E-state index >= 15 is 0 Å². The molecule has 0 fully saturated rings. The molecule has 0 aliphatic heterocycles. The van der Waals surface area contributed by atoms with Gasteiger partial charge >= 0.3 is 0 Å². The predicted molar refractivity (Wildman–Crippen MR) is 70.4 cm³/mol. The van der Waals surface area contributed by atoms with E-state index in [4.69, 9.17) is 5.11 Å². The normalized spacial score (nSPS) is 12.2. The van der Waals surface area contributed by atoms with Gasteiger partial charge < -0.3 is 10.4 Å². The van der Waals surface area contributed by atoms with E-state index < -0.39 is 0 Å². The highest BCUT2D eigenvalue weighted by molar-refractivity contribution is 9.11. The van der Waals surface area contributed by atoms with Crippen LogP contribution in [-0.4, -0.2) is 24.2 Å². The van der Waals surface area contributed by atoms with Gasteiger partial charge in [-0.3, -0.25) is 4.79 Å². The van der Waals surface area contributed by atoms with Gasteiger partial charge in [0.15, 0.2) is 0 Å². The van der Waals surface area contributed by atoms with Crippen molar-refractivity contribution in [1.82, 2.24) is 5.32 Å². The molecule has 3 nitrogen and oxygen atoms in total. The molecule has 0 aliphatic rings. The molecular formula is C11H13Br2NO2. The Hall–Kier alpha value is -0.390. The van der Waals surface area contributed by atoms with Crippen LogP contribution < -0.4 is 5.32 Å². The number of carbonyl (C=O) groups excluding carboxylic acids is 1. The second kappa shape index (κ2) is 6.37. The zero-order valence-corrected chi connectivity index (χ0v) is 12.0. The van der Waals surface area contributed by atoms with Crippen LogP contribution in [0.15, 0.2) is 27.1 Å². The molecule has 88 valence electrons. The molecule has 1 aromatic rings. The molecule has 16 heavy (non-hydrogen) atoms. The number of nitrogens with one attached hydrogen (secondary N) is 1. The monoisotopic (exact) mass is 349 g/mol. The van der Waals surface area contributed by atoms with Crippen molar-refractivity contribution in [1.29, 1.82) is 0 Å². The number of aliphatic hydroxyl groups excluding tert-OH is 1. The van der Waals surface area contributed by atoms with Crippen molar-refractivity contribution < 1.29 is 9.90 Å². The Labute approximate surface area is 111 Å². The maximum Gasteiger partial charge on any atom is 0.252 e. The van der Waals surface area contributed by atoms with Crippen LogP contribution in [0, 0.1) is 5.92 Å². The largest absolute Gasteiger partial charge is 0.396 e. The maximum atomic E-state index is 11.8. The van der Waals surface area contributed by atoms with Crippen LogP contribution in [0.2, 0.25) is 0 Å². The third-order valence-electron chi connectivity index (χ3n) is 2.10. The van der Waals surface area contributed by atoms with E-state index in [0.717, 1.165) is 8.95 Å². The van der Waals surface area contributed by atoms with E-state index in [-0.39, 0.29) is 18.4 Å². The average molecular weight is 351 g/mol. The van der Waals surface area contributed by atoms with Gasteiger partial charge in [-0.15, -0.1) is 0 Å². The lowest BCUT2D eigenvalue weighted by molar-refractivity contribution is 0.0941. The maximum absolute atomic E-state index is 11.8. The van der Waals surface area contributed by atoms with Crippen LogP contribution in [0.4, 0.5) is 0 Å². The van der Waals surface area contributed by atoms with Gasteiger partial charge in [-0.05, 0) is 40.0 Å². The fourth-order valence-electron chi connectivity index (χ4n) is 1.10. The lowest BCUT2D eigenvalue weighted by atomic mass is 10.2. The molecule has 0 aliphatic carbocycles. The number of halogens is 2. The highest BCUT2D eigenvalue weighted by atomic mass is 79.9. The molecule has 1 unspecified atom stereocenters. The number of carbonyl (C=O) groups is 1. The highest BCUT2D eigenvalue weighted by Crippen LogP contribution is 2.21. The Balaban J connectivity index is 2.69. The van der Waals surface area contributed by atoms with Crippen LogP contribution in [-0.2, 0) is 0 Å². The fourth-order valence-corrected chi connectivity index (χ4v) is 1.89. The Morgan fingerprint density at radius 3 is 2.81 bits per heavy atom. The molecule has 0 radical (unpaired) electrons. The molecule has 5 heteroatoms. The molecule has 1 rings (SSSR count). The molecular weight excluding hydrogens is 338 g/mol. The summed E-state index contributed by atoms with van der Waals surface area (Å²) in [6, 6.07) is 5.43. The van der Waals surface area contributed by atoms with Crippen molar-refractivity contribution >= 4 is 37.8 Å². The summed E-state index contributed by atoms with van der Waals surface area (Å²) in [6.45, 7) is 2.41. The van der Waals surface area contributed by atoms with E-state index in [1.54, 1.807) is 6.07 Å². The predicted octanol–water partition coefficient (Wildman–Crippen LogP) is 2.57. The first kappa shape index (κ1) is 13.7. The van der Waals surface area contributed by atoms with Gasteiger partial charge in [-0.25, -0.2) is 0 Å². The molecule has 0 saturated heterocycles. The third kappa shape index (κ3) is 3.88. The summed E-state index contributed by atoms with van der Waals surface area (Å²) in [5.41, 5.74) is 0.583. The summed E-state index contributed by atoms with van der Waals surface area (Å²) in [5, 5.41) is 11.6. The van der Waals surface area contributed by atoms with Crippen LogP contribution in [0.25, 0.3) is 0 Å². The molecule has 0 spiro atoms. The molecule has 1 amide bonds. The van der Waals surface area contributed by atoms with Crippen LogP contribution in [0.5, 0.6) is 0 Å². The number of hydrogen-bond acceptors (Lipinski definition) is 2. The Kier molecular flexibility index (Phi) is 5.44. The van der Waals surface area contributed by atoms with Crippen molar-refractivity contribution in [3.8, 4) is 0 Å². The standard InChI is InChI=1S/C11H13Br2NO2/c1-7(6-15)5-14-11(16)9-4-8(12)2-3-10(9)13/h2-4,7,15H,5-6H2,1H3,(H,14,16).